The highest BCUT2D eigenvalue weighted by Gasteiger charge is 2.19. The van der Waals surface area contributed by atoms with E-state index in [9.17, 15) is 0 Å². The van der Waals surface area contributed by atoms with Gasteiger partial charge in [0.2, 0.25) is 0 Å². The fourth-order valence-electron chi connectivity index (χ4n) is 4.87. The number of pyridine rings is 2. The van der Waals surface area contributed by atoms with Crippen LogP contribution in [0.15, 0.2) is 91.5 Å². The van der Waals surface area contributed by atoms with E-state index in [1.807, 2.05) is 24.8 Å². The summed E-state index contributed by atoms with van der Waals surface area (Å²) in [6.45, 7) is 0. The Kier molecular flexibility index (Phi) is 2.74. The van der Waals surface area contributed by atoms with Gasteiger partial charge < -0.3 is 4.40 Å². The van der Waals surface area contributed by atoms with Crippen LogP contribution in [0.2, 0.25) is 0 Å². The van der Waals surface area contributed by atoms with Crippen molar-refractivity contribution < 1.29 is 0 Å². The molecule has 0 fully saturated rings. The van der Waals surface area contributed by atoms with Crippen LogP contribution in [0.3, 0.4) is 0 Å². The first-order valence-electron chi connectivity index (χ1n) is 9.75. The molecule has 134 valence electrons. The molecule has 3 nitrogen and oxygen atoms in total. The van der Waals surface area contributed by atoms with Gasteiger partial charge in [-0.3, -0.25) is 9.97 Å². The average Bonchev–Trinajstić information content (AvgIpc) is 3.30. The summed E-state index contributed by atoms with van der Waals surface area (Å²) in [7, 11) is 0. The van der Waals surface area contributed by atoms with E-state index in [0.717, 1.165) is 11.0 Å². The number of fused-ring (bicyclic) bond motifs is 7. The summed E-state index contributed by atoms with van der Waals surface area (Å²) in [6.07, 6.45) is 7.67. The van der Waals surface area contributed by atoms with Gasteiger partial charge in [-0.2, -0.15) is 0 Å². The van der Waals surface area contributed by atoms with Gasteiger partial charge in [0.15, 0.2) is 0 Å². The second-order valence-electron chi connectivity index (χ2n) is 7.57. The van der Waals surface area contributed by atoms with Gasteiger partial charge in [-0.25, -0.2) is 0 Å². The second-order valence-corrected chi connectivity index (χ2v) is 7.57. The standard InChI is InChI=1S/C26H15N3/c1-2-6-18-16(4-1)5-3-7-19(18)17-12-22-20-8-10-27-14-24(20)29-25-15-28-11-9-21(25)23(13-17)26(22)29/h1-15H. The van der Waals surface area contributed by atoms with Crippen molar-refractivity contribution in [2.75, 3.05) is 0 Å². The van der Waals surface area contributed by atoms with Crippen molar-refractivity contribution >= 4 is 48.9 Å². The lowest BCUT2D eigenvalue weighted by Gasteiger charge is -2.08. The third-order valence-electron chi connectivity index (χ3n) is 6.10. The fourth-order valence-corrected chi connectivity index (χ4v) is 4.87. The van der Waals surface area contributed by atoms with E-state index in [1.54, 1.807) is 0 Å². The lowest BCUT2D eigenvalue weighted by molar-refractivity contribution is 1.27. The quantitative estimate of drug-likeness (QED) is 0.333. The Labute approximate surface area is 166 Å². The predicted octanol–water partition coefficient (Wildman–Crippen LogP) is 6.45. The molecule has 0 unspecified atom stereocenters. The summed E-state index contributed by atoms with van der Waals surface area (Å²) in [4.78, 5) is 8.79. The van der Waals surface area contributed by atoms with Crippen LogP contribution in [0.5, 0.6) is 0 Å². The minimum atomic E-state index is 1.13. The molecule has 0 atom stereocenters. The van der Waals surface area contributed by atoms with Gasteiger partial charge >= 0.3 is 0 Å². The molecule has 29 heavy (non-hydrogen) atoms. The first kappa shape index (κ1) is 15.0. The molecular formula is C26H15N3. The molecule has 0 N–H and O–H groups in total. The maximum absolute atomic E-state index is 4.39. The van der Waals surface area contributed by atoms with Crippen molar-refractivity contribution in [2.45, 2.75) is 0 Å². The molecule has 0 saturated carbocycles. The summed E-state index contributed by atoms with van der Waals surface area (Å²) in [6, 6.07) is 24.0. The van der Waals surface area contributed by atoms with Crippen LogP contribution < -0.4 is 0 Å². The Hall–Kier alpha value is -3.98. The number of rotatable bonds is 1. The molecule has 7 rings (SSSR count). The normalized spacial score (nSPS) is 12.1. The summed E-state index contributed by atoms with van der Waals surface area (Å²) in [5.74, 6) is 0. The second kappa shape index (κ2) is 5.30. The monoisotopic (exact) mass is 369 g/mol. The SMILES string of the molecule is c1ccc2c(-c3cc4c5ccncc5n5c6cnccc6c(c3)c45)cccc2c1. The molecule has 0 saturated heterocycles. The number of hydrogen-bond acceptors (Lipinski definition) is 2. The molecule has 0 amide bonds. The summed E-state index contributed by atoms with van der Waals surface area (Å²) in [5, 5.41) is 7.52. The van der Waals surface area contributed by atoms with Crippen molar-refractivity contribution in [1.82, 2.24) is 14.4 Å². The molecule has 0 radical (unpaired) electrons. The Morgan fingerprint density at radius 1 is 0.586 bits per heavy atom. The van der Waals surface area contributed by atoms with E-state index in [2.05, 4.69) is 81.1 Å². The zero-order valence-electron chi connectivity index (χ0n) is 15.5. The molecule has 0 aliphatic rings. The van der Waals surface area contributed by atoms with Crippen LogP contribution in [0.25, 0.3) is 60.0 Å². The molecule has 4 aromatic heterocycles. The Morgan fingerprint density at radius 2 is 1.24 bits per heavy atom. The molecular weight excluding hydrogens is 354 g/mol. The largest absolute Gasteiger partial charge is 0.305 e. The van der Waals surface area contributed by atoms with Gasteiger partial charge in [-0.05, 0) is 46.2 Å². The maximum Gasteiger partial charge on any atom is 0.0725 e. The number of hydrogen-bond donors (Lipinski definition) is 0. The Bertz CT molecular complexity index is 1620. The lowest BCUT2D eigenvalue weighted by atomic mass is 9.95. The van der Waals surface area contributed by atoms with Crippen LogP contribution >= 0.6 is 0 Å². The van der Waals surface area contributed by atoms with Gasteiger partial charge in [0.1, 0.15) is 0 Å². The Balaban J connectivity index is 1.73. The zero-order chi connectivity index (χ0) is 18.9. The smallest absolute Gasteiger partial charge is 0.0725 e. The van der Waals surface area contributed by atoms with Gasteiger partial charge in [0.25, 0.3) is 0 Å². The number of nitrogens with zero attached hydrogens (tertiary/aromatic N) is 3. The molecule has 3 heteroatoms. The molecule has 0 aliphatic carbocycles. The number of aromatic nitrogens is 3. The maximum atomic E-state index is 4.39. The zero-order valence-corrected chi connectivity index (χ0v) is 15.5. The van der Waals surface area contributed by atoms with Crippen LogP contribution in [0.1, 0.15) is 0 Å². The first-order valence-corrected chi connectivity index (χ1v) is 9.75. The van der Waals surface area contributed by atoms with Crippen molar-refractivity contribution in [2.24, 2.45) is 0 Å². The number of benzene rings is 3. The van der Waals surface area contributed by atoms with Crippen molar-refractivity contribution in [1.29, 1.82) is 0 Å². The first-order chi connectivity index (χ1) is 14.4. The van der Waals surface area contributed by atoms with Gasteiger partial charge in [-0.15, -0.1) is 0 Å². The minimum Gasteiger partial charge on any atom is -0.305 e. The fraction of sp³-hybridized carbons (Fsp3) is 0. The van der Waals surface area contributed by atoms with Gasteiger partial charge in [0.05, 0.1) is 28.9 Å². The van der Waals surface area contributed by atoms with E-state index in [1.165, 1.54) is 49.0 Å². The highest BCUT2D eigenvalue weighted by molar-refractivity contribution is 6.24. The van der Waals surface area contributed by atoms with Crippen LogP contribution in [0, 0.1) is 0 Å². The van der Waals surface area contributed by atoms with Crippen LogP contribution in [-0.4, -0.2) is 14.4 Å². The van der Waals surface area contributed by atoms with E-state index in [4.69, 9.17) is 0 Å². The minimum absolute atomic E-state index is 1.13. The van der Waals surface area contributed by atoms with Gasteiger partial charge in [0, 0.05) is 33.9 Å². The molecule has 3 aromatic carbocycles. The summed E-state index contributed by atoms with van der Waals surface area (Å²) >= 11 is 0. The van der Waals surface area contributed by atoms with Crippen LogP contribution in [-0.2, 0) is 0 Å². The molecule has 0 bridgehead atoms. The Morgan fingerprint density at radius 3 is 1.97 bits per heavy atom. The summed E-state index contributed by atoms with van der Waals surface area (Å²) in [5.41, 5.74) is 6.01. The highest BCUT2D eigenvalue weighted by atomic mass is 14.9. The van der Waals surface area contributed by atoms with Crippen molar-refractivity contribution in [3.8, 4) is 11.1 Å². The van der Waals surface area contributed by atoms with Crippen molar-refractivity contribution in [3.05, 3.63) is 91.5 Å². The summed E-state index contributed by atoms with van der Waals surface area (Å²) < 4.78 is 2.31. The molecule has 4 heterocycles. The molecule has 0 spiro atoms. The van der Waals surface area contributed by atoms with Gasteiger partial charge in [-0.1, -0.05) is 42.5 Å². The predicted molar refractivity (Wildman–Crippen MR) is 120 cm³/mol. The molecule has 0 aliphatic heterocycles. The highest BCUT2D eigenvalue weighted by Crippen LogP contribution is 2.42. The topological polar surface area (TPSA) is 30.2 Å². The third kappa shape index (κ3) is 1.87. The lowest BCUT2D eigenvalue weighted by Crippen LogP contribution is -1.82. The average molecular weight is 369 g/mol. The van der Waals surface area contributed by atoms with E-state index in [0.29, 0.717) is 0 Å². The molecule has 7 aromatic rings. The van der Waals surface area contributed by atoms with Crippen molar-refractivity contribution in [3.63, 3.8) is 0 Å². The van der Waals surface area contributed by atoms with Crippen LogP contribution in [0.4, 0.5) is 0 Å². The van der Waals surface area contributed by atoms with E-state index < -0.39 is 0 Å². The van der Waals surface area contributed by atoms with E-state index >= 15 is 0 Å². The van der Waals surface area contributed by atoms with E-state index in [-0.39, 0.29) is 0 Å². The third-order valence-corrected chi connectivity index (χ3v) is 6.10.